The summed E-state index contributed by atoms with van der Waals surface area (Å²) in [5, 5.41) is 1.14. The highest BCUT2D eigenvalue weighted by Gasteiger charge is 2.21. The lowest BCUT2D eigenvalue weighted by molar-refractivity contribution is 0.527. The third kappa shape index (κ3) is 3.45. The van der Waals surface area contributed by atoms with Crippen molar-refractivity contribution in [3.8, 4) is 0 Å². The second kappa shape index (κ2) is 8.02. The predicted octanol–water partition coefficient (Wildman–Crippen LogP) is 5.35. The Morgan fingerprint density at radius 2 is 1.59 bits per heavy atom. The van der Waals surface area contributed by atoms with Gasteiger partial charge < -0.3 is 4.57 Å². The lowest BCUT2D eigenvalue weighted by Gasteiger charge is -2.12. The number of halogens is 1. The maximum atomic E-state index is 13.8. The molecule has 7 heteroatoms. The van der Waals surface area contributed by atoms with Crippen LogP contribution >= 0.6 is 11.6 Å². The highest BCUT2D eigenvalue weighted by Crippen LogP contribution is 2.26. The molecule has 0 unspecified atom stereocenters. The summed E-state index contributed by atoms with van der Waals surface area (Å²) in [5.41, 5.74) is 4.29. The van der Waals surface area contributed by atoms with Crippen molar-refractivity contribution in [1.82, 2.24) is 24.1 Å². The van der Waals surface area contributed by atoms with Gasteiger partial charge >= 0.3 is 0 Å². The molecular weight excluding hydrogens is 422 g/mol. The molecule has 2 aromatic carbocycles. The number of nitrogens with zero attached hydrogens (tertiary/aromatic N) is 5. The van der Waals surface area contributed by atoms with Crippen molar-refractivity contribution >= 4 is 44.8 Å². The Kier molecular flexibility index (Phi) is 5.18. The van der Waals surface area contributed by atoms with E-state index in [-0.39, 0.29) is 5.56 Å². The Bertz CT molecular complexity index is 1530. The van der Waals surface area contributed by atoms with Gasteiger partial charge in [-0.25, -0.2) is 15.0 Å². The molecule has 162 valence electrons. The van der Waals surface area contributed by atoms with Gasteiger partial charge in [0.1, 0.15) is 16.7 Å². The first-order chi connectivity index (χ1) is 15.4. The van der Waals surface area contributed by atoms with Crippen LogP contribution in [0.15, 0.2) is 53.3 Å². The average Bonchev–Trinajstić information content (AvgIpc) is 3.06. The number of benzene rings is 2. The fourth-order valence-electron chi connectivity index (χ4n) is 4.08. The molecule has 3 aromatic heterocycles. The first-order valence-corrected chi connectivity index (χ1v) is 11.2. The molecule has 0 aliphatic heterocycles. The molecule has 5 aromatic rings. The summed E-state index contributed by atoms with van der Waals surface area (Å²) in [4.78, 5) is 28.4. The zero-order chi connectivity index (χ0) is 22.4. The summed E-state index contributed by atoms with van der Waals surface area (Å²) in [7, 11) is 0. The van der Waals surface area contributed by atoms with Crippen LogP contribution in [-0.4, -0.2) is 24.1 Å². The summed E-state index contributed by atoms with van der Waals surface area (Å²) in [5.74, 6) is 1.15. The van der Waals surface area contributed by atoms with E-state index in [0.29, 0.717) is 45.5 Å². The topological polar surface area (TPSA) is 65.6 Å². The predicted molar refractivity (Wildman–Crippen MR) is 129 cm³/mol. The molecule has 3 heterocycles. The van der Waals surface area contributed by atoms with Crippen molar-refractivity contribution < 1.29 is 0 Å². The van der Waals surface area contributed by atoms with E-state index >= 15 is 0 Å². The Balaban J connectivity index is 1.81. The first-order valence-electron chi connectivity index (χ1n) is 10.8. The van der Waals surface area contributed by atoms with Gasteiger partial charge in [0, 0.05) is 11.6 Å². The maximum absolute atomic E-state index is 13.8. The summed E-state index contributed by atoms with van der Waals surface area (Å²) in [6.45, 7) is 7.31. The molecule has 0 radical (unpaired) electrons. The quantitative estimate of drug-likeness (QED) is 0.365. The molecule has 0 aliphatic carbocycles. The first kappa shape index (κ1) is 20.6. The number of hydrogen-bond acceptors (Lipinski definition) is 4. The van der Waals surface area contributed by atoms with Crippen LogP contribution in [0.1, 0.15) is 31.7 Å². The molecule has 0 amide bonds. The molecule has 0 saturated carbocycles. The fourth-order valence-corrected chi connectivity index (χ4v) is 4.27. The monoisotopic (exact) mass is 445 g/mol. The fraction of sp³-hybridized carbons (Fsp3) is 0.280. The third-order valence-corrected chi connectivity index (χ3v) is 6.23. The SMILES string of the molecule is Cc1nc2c(c(=O)n1Cc1ccccc1Cl)c1nc3ccccc3nc1n2CCC(C)C. The molecule has 0 spiro atoms. The largest absolute Gasteiger partial charge is 0.308 e. The Hall–Kier alpha value is -3.25. The van der Waals surface area contributed by atoms with Gasteiger partial charge in [-0.2, -0.15) is 0 Å². The molecule has 0 saturated heterocycles. The lowest BCUT2D eigenvalue weighted by atomic mass is 10.1. The second-order valence-electron chi connectivity index (χ2n) is 8.56. The van der Waals surface area contributed by atoms with E-state index in [2.05, 4.69) is 18.4 Å². The zero-order valence-corrected chi connectivity index (χ0v) is 19.1. The van der Waals surface area contributed by atoms with Crippen molar-refractivity contribution in [1.29, 1.82) is 0 Å². The van der Waals surface area contributed by atoms with Crippen LogP contribution in [0, 0.1) is 12.8 Å². The number of para-hydroxylation sites is 2. The van der Waals surface area contributed by atoms with E-state index < -0.39 is 0 Å². The molecule has 5 rings (SSSR count). The maximum Gasteiger partial charge on any atom is 0.265 e. The highest BCUT2D eigenvalue weighted by molar-refractivity contribution is 6.31. The lowest BCUT2D eigenvalue weighted by Crippen LogP contribution is -2.25. The minimum Gasteiger partial charge on any atom is -0.308 e. The molecular formula is C25H24ClN5O. The number of rotatable bonds is 5. The standard InChI is InChI=1S/C25H24ClN5O/c1-15(2)12-13-30-23-21(22-24(30)29-20-11-7-6-10-19(20)28-22)25(32)31(16(3)27-23)14-17-8-4-5-9-18(17)26/h4-11,15H,12-14H2,1-3H3. The van der Waals surface area contributed by atoms with Gasteiger partial charge in [-0.05, 0) is 43.0 Å². The molecule has 0 atom stereocenters. The minimum absolute atomic E-state index is 0.120. The van der Waals surface area contributed by atoms with E-state index in [1.807, 2.05) is 55.5 Å². The zero-order valence-electron chi connectivity index (χ0n) is 18.3. The molecule has 32 heavy (non-hydrogen) atoms. The summed E-state index contributed by atoms with van der Waals surface area (Å²) in [6.07, 6.45) is 0.955. The van der Waals surface area contributed by atoms with Crippen LogP contribution in [0.25, 0.3) is 33.2 Å². The van der Waals surface area contributed by atoms with Crippen LogP contribution < -0.4 is 5.56 Å². The van der Waals surface area contributed by atoms with Crippen molar-refractivity contribution in [2.75, 3.05) is 0 Å². The highest BCUT2D eigenvalue weighted by atomic mass is 35.5. The van der Waals surface area contributed by atoms with E-state index in [1.54, 1.807) is 4.57 Å². The van der Waals surface area contributed by atoms with Crippen LogP contribution in [0.5, 0.6) is 0 Å². The molecule has 0 N–H and O–H groups in total. The average molecular weight is 446 g/mol. The van der Waals surface area contributed by atoms with Crippen LogP contribution in [-0.2, 0) is 13.1 Å². The Morgan fingerprint density at radius 1 is 0.906 bits per heavy atom. The molecule has 0 fully saturated rings. The normalized spacial score (nSPS) is 11.9. The summed E-state index contributed by atoms with van der Waals surface area (Å²) >= 11 is 6.37. The second-order valence-corrected chi connectivity index (χ2v) is 8.97. The Labute approximate surface area is 190 Å². The van der Waals surface area contributed by atoms with Gasteiger partial charge in [0.25, 0.3) is 5.56 Å². The van der Waals surface area contributed by atoms with Crippen molar-refractivity contribution in [2.24, 2.45) is 5.92 Å². The van der Waals surface area contributed by atoms with Crippen LogP contribution in [0.2, 0.25) is 5.02 Å². The minimum atomic E-state index is -0.120. The van der Waals surface area contributed by atoms with Gasteiger partial charge in [-0.1, -0.05) is 55.8 Å². The molecule has 6 nitrogen and oxygen atoms in total. The van der Waals surface area contributed by atoms with Crippen LogP contribution in [0.4, 0.5) is 0 Å². The van der Waals surface area contributed by atoms with E-state index in [0.717, 1.165) is 29.6 Å². The van der Waals surface area contributed by atoms with Gasteiger partial charge in [-0.3, -0.25) is 9.36 Å². The number of aromatic nitrogens is 5. The van der Waals surface area contributed by atoms with Crippen LogP contribution in [0.3, 0.4) is 0 Å². The van der Waals surface area contributed by atoms with Gasteiger partial charge in [-0.15, -0.1) is 0 Å². The summed E-state index contributed by atoms with van der Waals surface area (Å²) in [6, 6.07) is 15.3. The van der Waals surface area contributed by atoms with Crippen molar-refractivity contribution in [2.45, 2.75) is 40.3 Å². The number of hydrogen-bond donors (Lipinski definition) is 0. The third-order valence-electron chi connectivity index (χ3n) is 5.86. The van der Waals surface area contributed by atoms with E-state index in [9.17, 15) is 4.79 Å². The van der Waals surface area contributed by atoms with Crippen molar-refractivity contribution in [3.63, 3.8) is 0 Å². The van der Waals surface area contributed by atoms with E-state index in [4.69, 9.17) is 26.6 Å². The van der Waals surface area contributed by atoms with E-state index in [1.165, 1.54) is 0 Å². The number of fused-ring (bicyclic) bond motifs is 4. The molecule has 0 bridgehead atoms. The van der Waals surface area contributed by atoms with Gasteiger partial charge in [0.2, 0.25) is 0 Å². The Morgan fingerprint density at radius 3 is 2.31 bits per heavy atom. The number of aryl methyl sites for hydroxylation is 2. The smallest absolute Gasteiger partial charge is 0.265 e. The summed E-state index contributed by atoms with van der Waals surface area (Å²) < 4.78 is 3.73. The van der Waals surface area contributed by atoms with Gasteiger partial charge in [0.05, 0.1) is 17.6 Å². The van der Waals surface area contributed by atoms with Crippen molar-refractivity contribution in [3.05, 3.63) is 75.3 Å². The molecule has 0 aliphatic rings. The van der Waals surface area contributed by atoms with Gasteiger partial charge in [0.15, 0.2) is 11.3 Å².